The van der Waals surface area contributed by atoms with Crippen LogP contribution in [-0.4, -0.2) is 72.8 Å². The average Bonchev–Trinajstić information content (AvgIpc) is 3.18. The lowest BCUT2D eigenvalue weighted by Crippen LogP contribution is -2.46. The summed E-state index contributed by atoms with van der Waals surface area (Å²) < 4.78 is 24.0. The highest BCUT2D eigenvalue weighted by Crippen LogP contribution is 2.24. The van der Waals surface area contributed by atoms with E-state index in [9.17, 15) is 13.2 Å². The van der Waals surface area contributed by atoms with Gasteiger partial charge in [0.2, 0.25) is 5.91 Å². The first-order valence-corrected chi connectivity index (χ1v) is 11.9. The molecule has 1 atom stereocenters. The van der Waals surface area contributed by atoms with Gasteiger partial charge in [-0.2, -0.15) is 0 Å². The predicted molar refractivity (Wildman–Crippen MR) is 113 cm³/mol. The summed E-state index contributed by atoms with van der Waals surface area (Å²) in [5.41, 5.74) is 3.03. The zero-order valence-electron chi connectivity index (χ0n) is 17.1. The van der Waals surface area contributed by atoms with Gasteiger partial charge in [-0.1, -0.05) is 32.0 Å². The van der Waals surface area contributed by atoms with Crippen molar-refractivity contribution in [3.8, 4) is 0 Å². The fourth-order valence-corrected chi connectivity index (χ4v) is 5.87. The maximum absolute atomic E-state index is 13.3. The number of rotatable bonds is 8. The Kier molecular flexibility index (Phi) is 6.45. The summed E-state index contributed by atoms with van der Waals surface area (Å²) in [6.45, 7) is 9.37. The highest BCUT2D eigenvalue weighted by molar-refractivity contribution is 7.91. The van der Waals surface area contributed by atoms with Crippen LogP contribution >= 0.6 is 0 Å². The fraction of sp³-hybridized carbons (Fsp3) is 0.571. The van der Waals surface area contributed by atoms with Crippen LogP contribution in [0.5, 0.6) is 0 Å². The van der Waals surface area contributed by atoms with Gasteiger partial charge in [0.15, 0.2) is 9.84 Å². The van der Waals surface area contributed by atoms with Gasteiger partial charge >= 0.3 is 0 Å². The van der Waals surface area contributed by atoms with Crippen molar-refractivity contribution in [2.75, 3.05) is 37.7 Å². The van der Waals surface area contributed by atoms with Crippen LogP contribution in [0.4, 0.5) is 0 Å². The Hall–Kier alpha value is -1.86. The number of hydrogen-bond donors (Lipinski definition) is 1. The lowest BCUT2D eigenvalue weighted by Gasteiger charge is -2.31. The highest BCUT2D eigenvalue weighted by atomic mass is 32.2. The average molecular weight is 406 g/mol. The highest BCUT2D eigenvalue weighted by Gasteiger charge is 2.34. The van der Waals surface area contributed by atoms with Gasteiger partial charge in [-0.3, -0.25) is 4.79 Å². The number of aromatic nitrogens is 1. The van der Waals surface area contributed by atoms with Crippen LogP contribution in [0.1, 0.15) is 31.5 Å². The first kappa shape index (κ1) is 20.9. The van der Waals surface area contributed by atoms with Crippen molar-refractivity contribution in [2.24, 2.45) is 0 Å². The molecule has 0 aliphatic carbocycles. The van der Waals surface area contributed by atoms with E-state index >= 15 is 0 Å². The Balaban J connectivity index is 1.82. The summed E-state index contributed by atoms with van der Waals surface area (Å²) in [7, 11) is -3.04. The molecular formula is C21H31N3O3S. The number of nitrogens with one attached hydrogen (secondary N) is 1. The van der Waals surface area contributed by atoms with Crippen LogP contribution in [0.25, 0.3) is 10.9 Å². The van der Waals surface area contributed by atoms with Crippen molar-refractivity contribution in [2.45, 2.75) is 39.7 Å². The smallest absolute Gasteiger partial charge is 0.227 e. The topological polar surface area (TPSA) is 73.5 Å². The molecule has 0 bridgehead atoms. The fourth-order valence-electron chi connectivity index (χ4n) is 4.14. The van der Waals surface area contributed by atoms with E-state index in [4.69, 9.17) is 0 Å². The van der Waals surface area contributed by atoms with E-state index in [0.717, 1.165) is 41.8 Å². The van der Waals surface area contributed by atoms with E-state index in [1.807, 2.05) is 36.1 Å². The molecule has 0 saturated carbocycles. The first-order valence-electron chi connectivity index (χ1n) is 10.1. The molecule has 2 aromatic rings. The summed E-state index contributed by atoms with van der Waals surface area (Å²) in [5.74, 6) is 0.282. The Labute approximate surface area is 167 Å². The molecule has 1 aliphatic heterocycles. The van der Waals surface area contributed by atoms with E-state index in [-0.39, 0.29) is 23.5 Å². The van der Waals surface area contributed by atoms with Crippen molar-refractivity contribution in [1.29, 1.82) is 0 Å². The maximum atomic E-state index is 13.3. The minimum absolute atomic E-state index is 0.0158. The van der Waals surface area contributed by atoms with Crippen LogP contribution in [0.3, 0.4) is 0 Å². The summed E-state index contributed by atoms with van der Waals surface area (Å²) in [5, 5.41) is 1.07. The molecule has 3 rings (SSSR count). The van der Waals surface area contributed by atoms with Crippen LogP contribution in [0.2, 0.25) is 0 Å². The number of para-hydroxylation sites is 1. The monoisotopic (exact) mass is 405 g/mol. The number of amides is 1. The summed E-state index contributed by atoms with van der Waals surface area (Å²) in [4.78, 5) is 20.7. The lowest BCUT2D eigenvalue weighted by atomic mass is 10.1. The summed E-state index contributed by atoms with van der Waals surface area (Å²) >= 11 is 0. The van der Waals surface area contributed by atoms with Gasteiger partial charge in [-0.15, -0.1) is 0 Å². The van der Waals surface area contributed by atoms with Gasteiger partial charge in [-0.25, -0.2) is 8.42 Å². The third kappa shape index (κ3) is 4.58. The van der Waals surface area contributed by atoms with Crippen molar-refractivity contribution in [3.05, 3.63) is 35.5 Å². The number of nitrogens with zero attached hydrogens (tertiary/aromatic N) is 2. The Morgan fingerprint density at radius 3 is 2.54 bits per heavy atom. The number of likely N-dealkylation sites (N-methyl/N-ethyl adjacent to an activating group) is 1. The molecule has 1 unspecified atom stereocenters. The van der Waals surface area contributed by atoms with Gasteiger partial charge in [0.25, 0.3) is 0 Å². The molecule has 28 heavy (non-hydrogen) atoms. The van der Waals surface area contributed by atoms with E-state index in [0.29, 0.717) is 19.4 Å². The Morgan fingerprint density at radius 2 is 1.89 bits per heavy atom. The summed E-state index contributed by atoms with van der Waals surface area (Å²) in [6.07, 6.45) is 0.837. The number of H-pyrrole nitrogens is 1. The minimum atomic E-state index is -3.04. The molecule has 0 radical (unpaired) electrons. The number of aromatic amines is 1. The molecule has 1 aromatic heterocycles. The molecule has 1 fully saturated rings. The molecule has 2 heterocycles. The molecule has 0 spiro atoms. The molecule has 1 amide bonds. The third-order valence-electron chi connectivity index (χ3n) is 5.88. The van der Waals surface area contributed by atoms with Crippen LogP contribution in [0, 0.1) is 6.92 Å². The second-order valence-electron chi connectivity index (χ2n) is 7.62. The number of carbonyl (C=O) groups excluding carboxylic acids is 1. The number of fused-ring (bicyclic) bond motifs is 1. The van der Waals surface area contributed by atoms with E-state index in [1.54, 1.807) is 0 Å². The van der Waals surface area contributed by atoms with Gasteiger partial charge in [0.1, 0.15) is 0 Å². The van der Waals surface area contributed by atoms with Crippen molar-refractivity contribution in [3.63, 3.8) is 0 Å². The lowest BCUT2D eigenvalue weighted by molar-refractivity contribution is -0.132. The van der Waals surface area contributed by atoms with Gasteiger partial charge < -0.3 is 14.8 Å². The molecule has 1 N–H and O–H groups in total. The summed E-state index contributed by atoms with van der Waals surface area (Å²) in [6, 6.07) is 7.79. The molecular weight excluding hydrogens is 374 g/mol. The van der Waals surface area contributed by atoms with E-state index in [2.05, 4.69) is 23.7 Å². The largest absolute Gasteiger partial charge is 0.358 e. The van der Waals surface area contributed by atoms with Crippen molar-refractivity contribution < 1.29 is 13.2 Å². The molecule has 6 nitrogen and oxygen atoms in total. The van der Waals surface area contributed by atoms with Crippen LogP contribution in [0.15, 0.2) is 24.3 Å². The van der Waals surface area contributed by atoms with Crippen molar-refractivity contribution >= 4 is 26.6 Å². The van der Waals surface area contributed by atoms with E-state index < -0.39 is 9.84 Å². The Bertz CT molecular complexity index is 932. The predicted octanol–water partition coefficient (Wildman–Crippen LogP) is 2.38. The van der Waals surface area contributed by atoms with Gasteiger partial charge in [-0.05, 0) is 38.1 Å². The number of sulfone groups is 1. The zero-order valence-corrected chi connectivity index (χ0v) is 17.9. The van der Waals surface area contributed by atoms with Crippen LogP contribution in [-0.2, 0) is 21.1 Å². The molecule has 154 valence electrons. The quantitative estimate of drug-likeness (QED) is 0.732. The number of carbonyl (C=O) groups is 1. The SMILES string of the molecule is CCN(CC)CCN(C(=O)Cc1c(C)[nH]c2ccccc12)C1CCS(=O)(=O)C1. The zero-order chi connectivity index (χ0) is 20.3. The Morgan fingerprint density at radius 1 is 1.18 bits per heavy atom. The third-order valence-corrected chi connectivity index (χ3v) is 7.63. The number of hydrogen-bond acceptors (Lipinski definition) is 4. The van der Waals surface area contributed by atoms with Gasteiger partial charge in [0.05, 0.1) is 17.9 Å². The standard InChI is InChI=1S/C21H31N3O3S/c1-4-23(5-2)11-12-24(17-10-13-28(26,27)15-17)21(25)14-19-16(3)22-20-9-7-6-8-18(19)20/h6-9,17,22H,4-5,10-15H2,1-3H3. The first-order chi connectivity index (χ1) is 13.3. The van der Waals surface area contributed by atoms with Crippen molar-refractivity contribution in [1.82, 2.24) is 14.8 Å². The molecule has 1 aliphatic rings. The number of aryl methyl sites for hydroxylation is 1. The normalized spacial score (nSPS) is 18.8. The second-order valence-corrected chi connectivity index (χ2v) is 9.85. The second kappa shape index (κ2) is 8.66. The van der Waals surface area contributed by atoms with Crippen LogP contribution < -0.4 is 0 Å². The number of benzene rings is 1. The van der Waals surface area contributed by atoms with Gasteiger partial charge in [0, 0.05) is 35.7 Å². The van der Waals surface area contributed by atoms with E-state index in [1.165, 1.54) is 0 Å². The molecule has 1 aromatic carbocycles. The molecule has 1 saturated heterocycles. The molecule has 7 heteroatoms. The minimum Gasteiger partial charge on any atom is -0.358 e. The maximum Gasteiger partial charge on any atom is 0.227 e.